The third-order valence-electron chi connectivity index (χ3n) is 4.23. The molecule has 0 saturated heterocycles. The number of anilines is 1. The highest BCUT2D eigenvalue weighted by Crippen LogP contribution is 2.21. The Morgan fingerprint density at radius 2 is 1.88 bits per heavy atom. The van der Waals surface area contributed by atoms with Gasteiger partial charge in [-0.2, -0.15) is 0 Å². The number of aryl methyl sites for hydroxylation is 1. The fourth-order valence-electron chi connectivity index (χ4n) is 2.70. The minimum Gasteiger partial charge on any atom is -0.375 e. The molecule has 0 unspecified atom stereocenters. The van der Waals surface area contributed by atoms with Gasteiger partial charge in [-0.15, -0.1) is 0 Å². The van der Waals surface area contributed by atoms with Crippen molar-refractivity contribution < 1.29 is 8.42 Å². The van der Waals surface area contributed by atoms with Crippen LogP contribution in [0.2, 0.25) is 0 Å². The van der Waals surface area contributed by atoms with E-state index >= 15 is 0 Å². The van der Waals surface area contributed by atoms with Crippen LogP contribution in [0, 0.1) is 0 Å². The Labute approximate surface area is 156 Å². The highest BCUT2D eigenvalue weighted by atomic mass is 32.2. The molecule has 6 nitrogen and oxygen atoms in total. The van der Waals surface area contributed by atoms with Gasteiger partial charge in [0.15, 0.2) is 0 Å². The van der Waals surface area contributed by atoms with Gasteiger partial charge in [-0.05, 0) is 36.8 Å². The largest absolute Gasteiger partial charge is 0.375 e. The molecule has 0 fully saturated rings. The molecule has 0 atom stereocenters. The van der Waals surface area contributed by atoms with Crippen LogP contribution in [0.1, 0.15) is 6.42 Å². The van der Waals surface area contributed by atoms with Crippen molar-refractivity contribution in [3.63, 3.8) is 0 Å². The standard InChI is InChI=1S/C18H21N3O3S2/c1-20(14-7-4-3-5-8-14)12-6-11-19-26(23,24)15-9-10-16-17(13-15)25-18(22)21(16)2/h3-5,7-10,13,19H,6,11-12H2,1-2H3. The molecule has 0 aliphatic carbocycles. The zero-order valence-electron chi connectivity index (χ0n) is 14.7. The molecular weight excluding hydrogens is 370 g/mol. The first-order chi connectivity index (χ1) is 12.4. The van der Waals surface area contributed by atoms with Gasteiger partial charge in [0.2, 0.25) is 10.0 Å². The molecule has 26 heavy (non-hydrogen) atoms. The second-order valence-electron chi connectivity index (χ2n) is 6.06. The molecule has 3 rings (SSSR count). The van der Waals surface area contributed by atoms with E-state index in [1.165, 1.54) is 10.6 Å². The molecule has 138 valence electrons. The van der Waals surface area contributed by atoms with Gasteiger partial charge in [0, 0.05) is 32.9 Å². The van der Waals surface area contributed by atoms with Crippen LogP contribution in [-0.4, -0.2) is 33.1 Å². The summed E-state index contributed by atoms with van der Waals surface area (Å²) in [7, 11) is 0.0676. The number of sulfonamides is 1. The average molecular weight is 392 g/mol. The normalized spacial score (nSPS) is 11.8. The van der Waals surface area contributed by atoms with Gasteiger partial charge in [0.25, 0.3) is 0 Å². The minimum atomic E-state index is -3.59. The molecular formula is C18H21N3O3S2. The number of rotatable bonds is 7. The van der Waals surface area contributed by atoms with Gasteiger partial charge in [-0.3, -0.25) is 4.79 Å². The van der Waals surface area contributed by atoms with Crippen LogP contribution in [0.15, 0.2) is 58.2 Å². The maximum atomic E-state index is 12.5. The maximum absolute atomic E-state index is 12.5. The Hall–Kier alpha value is -2.16. The molecule has 0 radical (unpaired) electrons. The third kappa shape index (κ3) is 3.98. The molecule has 3 aromatic rings. The number of nitrogens with one attached hydrogen (secondary N) is 1. The smallest absolute Gasteiger partial charge is 0.307 e. The average Bonchev–Trinajstić information content (AvgIpc) is 2.93. The number of hydrogen-bond acceptors (Lipinski definition) is 5. The molecule has 2 aromatic carbocycles. The molecule has 1 aromatic heterocycles. The molecule has 0 aliphatic rings. The lowest BCUT2D eigenvalue weighted by Crippen LogP contribution is -2.28. The molecule has 0 bridgehead atoms. The summed E-state index contributed by atoms with van der Waals surface area (Å²) in [4.78, 5) is 13.9. The van der Waals surface area contributed by atoms with Crippen molar-refractivity contribution in [1.29, 1.82) is 0 Å². The van der Waals surface area contributed by atoms with Crippen molar-refractivity contribution >= 4 is 37.3 Å². The first kappa shape index (κ1) is 18.6. The highest BCUT2D eigenvalue weighted by molar-refractivity contribution is 7.89. The zero-order valence-corrected chi connectivity index (χ0v) is 16.3. The van der Waals surface area contributed by atoms with Crippen LogP contribution < -0.4 is 14.5 Å². The number of hydrogen-bond donors (Lipinski definition) is 1. The fraction of sp³-hybridized carbons (Fsp3) is 0.278. The van der Waals surface area contributed by atoms with Crippen LogP contribution in [0.25, 0.3) is 10.2 Å². The van der Waals surface area contributed by atoms with Crippen molar-refractivity contribution in [2.24, 2.45) is 7.05 Å². The lowest BCUT2D eigenvalue weighted by molar-refractivity contribution is 0.579. The van der Waals surface area contributed by atoms with Crippen LogP contribution in [0.4, 0.5) is 5.69 Å². The first-order valence-electron chi connectivity index (χ1n) is 8.24. The van der Waals surface area contributed by atoms with E-state index in [1.807, 2.05) is 37.4 Å². The predicted octanol–water partition coefficient (Wildman–Crippen LogP) is 2.40. The SMILES string of the molecule is CN(CCCNS(=O)(=O)c1ccc2c(c1)sc(=O)n2C)c1ccccc1. The molecule has 8 heteroatoms. The van der Waals surface area contributed by atoms with E-state index in [0.29, 0.717) is 17.7 Å². The second kappa shape index (κ2) is 7.61. The summed E-state index contributed by atoms with van der Waals surface area (Å²) < 4.78 is 29.8. The van der Waals surface area contributed by atoms with Crippen molar-refractivity contribution in [3.8, 4) is 0 Å². The van der Waals surface area contributed by atoms with Gasteiger partial charge >= 0.3 is 4.87 Å². The molecule has 0 saturated carbocycles. The summed E-state index contributed by atoms with van der Waals surface area (Å²) in [6.45, 7) is 1.09. The summed E-state index contributed by atoms with van der Waals surface area (Å²) in [6.07, 6.45) is 0.686. The Kier molecular flexibility index (Phi) is 5.45. The predicted molar refractivity (Wildman–Crippen MR) is 107 cm³/mol. The summed E-state index contributed by atoms with van der Waals surface area (Å²) in [5.41, 5.74) is 1.84. The number of nitrogens with zero attached hydrogens (tertiary/aromatic N) is 2. The van der Waals surface area contributed by atoms with E-state index in [1.54, 1.807) is 19.2 Å². The van der Waals surface area contributed by atoms with E-state index in [9.17, 15) is 13.2 Å². The lowest BCUT2D eigenvalue weighted by Gasteiger charge is -2.19. The first-order valence-corrected chi connectivity index (χ1v) is 10.5. The second-order valence-corrected chi connectivity index (χ2v) is 8.83. The summed E-state index contributed by atoms with van der Waals surface area (Å²) in [6, 6.07) is 14.7. The fourth-order valence-corrected chi connectivity index (χ4v) is 4.79. The van der Waals surface area contributed by atoms with Crippen molar-refractivity contribution in [2.75, 3.05) is 25.0 Å². The molecule has 1 heterocycles. The summed E-state index contributed by atoms with van der Waals surface area (Å²) >= 11 is 1.05. The molecule has 0 amide bonds. The third-order valence-corrected chi connectivity index (χ3v) is 6.69. The zero-order chi connectivity index (χ0) is 18.7. The lowest BCUT2D eigenvalue weighted by atomic mass is 10.3. The number of para-hydroxylation sites is 1. The monoisotopic (exact) mass is 391 g/mol. The Balaban J connectivity index is 1.61. The molecule has 0 spiro atoms. The van der Waals surface area contributed by atoms with Crippen LogP contribution in [0.3, 0.4) is 0 Å². The van der Waals surface area contributed by atoms with Gasteiger partial charge < -0.3 is 9.47 Å². The summed E-state index contributed by atoms with van der Waals surface area (Å²) in [5, 5.41) is 0. The Bertz CT molecular complexity index is 1060. The molecule has 1 N–H and O–H groups in total. The highest BCUT2D eigenvalue weighted by Gasteiger charge is 2.15. The minimum absolute atomic E-state index is 0.105. The van der Waals surface area contributed by atoms with Crippen LogP contribution >= 0.6 is 11.3 Å². The van der Waals surface area contributed by atoms with Crippen LogP contribution in [-0.2, 0) is 17.1 Å². The van der Waals surface area contributed by atoms with E-state index in [-0.39, 0.29) is 9.77 Å². The quantitative estimate of drug-likeness (QED) is 0.628. The summed E-state index contributed by atoms with van der Waals surface area (Å²) in [5.74, 6) is 0. The number of aromatic nitrogens is 1. The van der Waals surface area contributed by atoms with E-state index in [2.05, 4.69) is 9.62 Å². The van der Waals surface area contributed by atoms with Gasteiger partial charge in [-0.1, -0.05) is 29.5 Å². The number of benzene rings is 2. The van der Waals surface area contributed by atoms with Gasteiger partial charge in [-0.25, -0.2) is 13.1 Å². The Morgan fingerprint density at radius 1 is 1.15 bits per heavy atom. The van der Waals surface area contributed by atoms with Crippen molar-refractivity contribution in [2.45, 2.75) is 11.3 Å². The van der Waals surface area contributed by atoms with E-state index < -0.39 is 10.0 Å². The topological polar surface area (TPSA) is 71.4 Å². The van der Waals surface area contributed by atoms with Crippen molar-refractivity contribution in [3.05, 3.63) is 58.2 Å². The van der Waals surface area contributed by atoms with Crippen molar-refractivity contribution in [1.82, 2.24) is 9.29 Å². The van der Waals surface area contributed by atoms with E-state index in [4.69, 9.17) is 0 Å². The van der Waals surface area contributed by atoms with E-state index in [0.717, 1.165) is 29.1 Å². The maximum Gasteiger partial charge on any atom is 0.307 e. The van der Waals surface area contributed by atoms with Gasteiger partial charge in [0.05, 0.1) is 15.1 Å². The number of thiazole rings is 1. The Morgan fingerprint density at radius 3 is 2.62 bits per heavy atom. The van der Waals surface area contributed by atoms with Gasteiger partial charge in [0.1, 0.15) is 0 Å². The van der Waals surface area contributed by atoms with Crippen LogP contribution in [0.5, 0.6) is 0 Å². The number of fused-ring (bicyclic) bond motifs is 1. The molecule has 0 aliphatic heterocycles.